The molecule has 1 aliphatic rings. The molecule has 1 atom stereocenters. The van der Waals surface area contributed by atoms with Crippen LogP contribution in [0.4, 0.5) is 10.1 Å². The highest BCUT2D eigenvalue weighted by molar-refractivity contribution is 7.99. The molecule has 1 aromatic rings. The molecule has 0 radical (unpaired) electrons. The van der Waals surface area contributed by atoms with Gasteiger partial charge in [0.05, 0.1) is 12.8 Å². The van der Waals surface area contributed by atoms with Crippen LogP contribution in [0.3, 0.4) is 0 Å². The molecule has 1 aliphatic heterocycles. The van der Waals surface area contributed by atoms with Crippen molar-refractivity contribution < 1.29 is 9.13 Å². The highest BCUT2D eigenvalue weighted by atomic mass is 32.2. The number of hydrogen-bond donors (Lipinski definition) is 1. The number of rotatable bonds is 3. The van der Waals surface area contributed by atoms with Gasteiger partial charge in [-0.2, -0.15) is 11.8 Å². The summed E-state index contributed by atoms with van der Waals surface area (Å²) in [6, 6.07) is 5.16. The molecule has 0 aromatic heterocycles. The van der Waals surface area contributed by atoms with E-state index in [-0.39, 0.29) is 5.82 Å². The van der Waals surface area contributed by atoms with Crippen LogP contribution in [-0.2, 0) is 0 Å². The summed E-state index contributed by atoms with van der Waals surface area (Å²) in [5.74, 6) is 2.68. The van der Waals surface area contributed by atoms with E-state index in [1.54, 1.807) is 19.2 Å². The monoisotopic (exact) mass is 227 g/mol. The largest absolute Gasteiger partial charge is 0.497 e. The number of thioether (sulfide) groups is 1. The Kier molecular flexibility index (Phi) is 3.36. The van der Waals surface area contributed by atoms with Gasteiger partial charge in [0, 0.05) is 17.9 Å². The Hall–Kier alpha value is -0.900. The van der Waals surface area contributed by atoms with Crippen molar-refractivity contribution in [3.63, 3.8) is 0 Å². The lowest BCUT2D eigenvalue weighted by Crippen LogP contribution is -2.18. The van der Waals surface area contributed by atoms with Crippen LogP contribution in [0.2, 0.25) is 0 Å². The van der Waals surface area contributed by atoms with Gasteiger partial charge in [0.1, 0.15) is 11.6 Å². The molecule has 0 bridgehead atoms. The van der Waals surface area contributed by atoms with Crippen molar-refractivity contribution in [2.45, 2.75) is 12.5 Å². The van der Waals surface area contributed by atoms with Crippen LogP contribution in [0.15, 0.2) is 18.2 Å². The Bertz CT molecular complexity index is 339. The lowest BCUT2D eigenvalue weighted by atomic mass is 10.2. The zero-order valence-corrected chi connectivity index (χ0v) is 9.44. The van der Waals surface area contributed by atoms with Gasteiger partial charge in [-0.25, -0.2) is 4.39 Å². The summed E-state index contributed by atoms with van der Waals surface area (Å²) in [4.78, 5) is 0. The van der Waals surface area contributed by atoms with Crippen LogP contribution in [0.25, 0.3) is 0 Å². The molecule has 82 valence electrons. The number of nitrogens with one attached hydrogen (secondary N) is 1. The maximum Gasteiger partial charge on any atom is 0.146 e. The van der Waals surface area contributed by atoms with Crippen molar-refractivity contribution >= 4 is 17.4 Å². The summed E-state index contributed by atoms with van der Waals surface area (Å²) >= 11 is 1.90. The van der Waals surface area contributed by atoms with Gasteiger partial charge in [-0.3, -0.25) is 0 Å². The van der Waals surface area contributed by atoms with Gasteiger partial charge in [-0.1, -0.05) is 0 Å². The molecule has 4 heteroatoms. The molecule has 0 saturated carbocycles. The first-order valence-corrected chi connectivity index (χ1v) is 6.13. The van der Waals surface area contributed by atoms with Crippen molar-refractivity contribution in [1.29, 1.82) is 0 Å². The predicted molar refractivity (Wildman–Crippen MR) is 62.3 cm³/mol. The van der Waals surface area contributed by atoms with E-state index in [4.69, 9.17) is 4.74 Å². The molecule has 1 aromatic carbocycles. The van der Waals surface area contributed by atoms with Crippen LogP contribution >= 0.6 is 11.8 Å². The molecule has 15 heavy (non-hydrogen) atoms. The minimum absolute atomic E-state index is 0.215. The van der Waals surface area contributed by atoms with Gasteiger partial charge in [-0.05, 0) is 24.3 Å². The number of methoxy groups -OCH3 is 1. The molecule has 2 nitrogen and oxygen atoms in total. The number of halogens is 1. The molecule has 2 rings (SSSR count). The second kappa shape index (κ2) is 4.75. The third kappa shape index (κ3) is 2.56. The summed E-state index contributed by atoms with van der Waals surface area (Å²) in [6.07, 6.45) is 1.10. The average Bonchev–Trinajstić information content (AvgIpc) is 2.74. The number of anilines is 1. The SMILES string of the molecule is COc1ccc(F)c(N[C@@H]2CCSC2)c1. The second-order valence-electron chi connectivity index (χ2n) is 3.55. The van der Waals surface area contributed by atoms with Gasteiger partial charge in [0.15, 0.2) is 0 Å². The van der Waals surface area contributed by atoms with Gasteiger partial charge in [0.25, 0.3) is 0 Å². The third-order valence-electron chi connectivity index (χ3n) is 2.46. The quantitative estimate of drug-likeness (QED) is 0.858. The zero-order chi connectivity index (χ0) is 10.7. The minimum atomic E-state index is -0.215. The topological polar surface area (TPSA) is 21.3 Å². The van der Waals surface area contributed by atoms with Crippen LogP contribution < -0.4 is 10.1 Å². The van der Waals surface area contributed by atoms with Crippen LogP contribution in [-0.4, -0.2) is 24.7 Å². The lowest BCUT2D eigenvalue weighted by Gasteiger charge is -2.14. The Morgan fingerprint density at radius 2 is 2.40 bits per heavy atom. The smallest absolute Gasteiger partial charge is 0.146 e. The van der Waals surface area contributed by atoms with E-state index in [9.17, 15) is 4.39 Å². The molecule has 0 unspecified atom stereocenters. The van der Waals surface area contributed by atoms with E-state index in [1.165, 1.54) is 6.07 Å². The summed E-state index contributed by atoms with van der Waals surface area (Å²) in [7, 11) is 1.59. The molecule has 1 heterocycles. The van der Waals surface area contributed by atoms with Gasteiger partial charge in [-0.15, -0.1) is 0 Å². The zero-order valence-electron chi connectivity index (χ0n) is 8.63. The average molecular weight is 227 g/mol. The fourth-order valence-electron chi connectivity index (χ4n) is 1.61. The normalized spacial score (nSPS) is 20.3. The van der Waals surface area contributed by atoms with Crippen molar-refractivity contribution in [1.82, 2.24) is 0 Å². The first-order valence-electron chi connectivity index (χ1n) is 4.97. The van der Waals surface area contributed by atoms with Crippen LogP contribution in [0.5, 0.6) is 5.75 Å². The van der Waals surface area contributed by atoms with E-state index >= 15 is 0 Å². The second-order valence-corrected chi connectivity index (χ2v) is 4.70. The molecule has 0 aliphatic carbocycles. The minimum Gasteiger partial charge on any atom is -0.497 e. The highest BCUT2D eigenvalue weighted by Gasteiger charge is 2.16. The predicted octanol–water partition coefficient (Wildman–Crippen LogP) is 2.75. The maximum absolute atomic E-state index is 13.4. The van der Waals surface area contributed by atoms with E-state index in [0.717, 1.165) is 17.9 Å². The Morgan fingerprint density at radius 3 is 3.07 bits per heavy atom. The molecule has 0 amide bonds. The van der Waals surface area contributed by atoms with Gasteiger partial charge < -0.3 is 10.1 Å². The fraction of sp³-hybridized carbons (Fsp3) is 0.455. The molecule has 1 saturated heterocycles. The summed E-state index contributed by atoms with van der Waals surface area (Å²) in [5.41, 5.74) is 0.543. The molecular weight excluding hydrogens is 213 g/mol. The highest BCUT2D eigenvalue weighted by Crippen LogP contribution is 2.25. The number of benzene rings is 1. The first kappa shape index (κ1) is 10.6. The molecule has 0 spiro atoms. The maximum atomic E-state index is 13.4. The van der Waals surface area contributed by atoms with Crippen LogP contribution in [0.1, 0.15) is 6.42 Å². The van der Waals surface area contributed by atoms with E-state index in [0.29, 0.717) is 17.5 Å². The van der Waals surface area contributed by atoms with Gasteiger partial charge in [0.2, 0.25) is 0 Å². The van der Waals surface area contributed by atoms with Gasteiger partial charge >= 0.3 is 0 Å². The molecular formula is C11H14FNOS. The lowest BCUT2D eigenvalue weighted by molar-refractivity contribution is 0.414. The van der Waals surface area contributed by atoms with Crippen molar-refractivity contribution in [3.05, 3.63) is 24.0 Å². The van der Waals surface area contributed by atoms with E-state index in [2.05, 4.69) is 5.32 Å². The standard InChI is InChI=1S/C11H14FNOS/c1-14-9-2-3-10(12)11(6-9)13-8-4-5-15-7-8/h2-3,6,8,13H,4-5,7H2,1H3/t8-/m1/s1. The third-order valence-corrected chi connectivity index (χ3v) is 3.63. The van der Waals surface area contributed by atoms with E-state index in [1.807, 2.05) is 11.8 Å². The summed E-state index contributed by atoms with van der Waals surface area (Å²) in [6.45, 7) is 0. The Balaban J connectivity index is 2.11. The summed E-state index contributed by atoms with van der Waals surface area (Å²) < 4.78 is 18.5. The van der Waals surface area contributed by atoms with Crippen molar-refractivity contribution in [2.75, 3.05) is 23.9 Å². The molecule has 1 fully saturated rings. The Labute approximate surface area is 93.2 Å². The molecule has 1 N–H and O–H groups in total. The number of hydrogen-bond acceptors (Lipinski definition) is 3. The Morgan fingerprint density at radius 1 is 1.53 bits per heavy atom. The van der Waals surface area contributed by atoms with Crippen LogP contribution in [0, 0.1) is 5.82 Å². The first-order chi connectivity index (χ1) is 7.29. The van der Waals surface area contributed by atoms with Crippen molar-refractivity contribution in [2.24, 2.45) is 0 Å². The fourth-order valence-corrected chi connectivity index (χ4v) is 2.76. The number of ether oxygens (including phenoxy) is 1. The van der Waals surface area contributed by atoms with E-state index < -0.39 is 0 Å². The van der Waals surface area contributed by atoms with Crippen molar-refractivity contribution in [3.8, 4) is 5.75 Å². The summed E-state index contributed by atoms with van der Waals surface area (Å²) in [5, 5.41) is 3.21.